The lowest BCUT2D eigenvalue weighted by Crippen LogP contribution is -2.58. The SMILES string of the molecule is CCC1CCC(NC(=O)CN(CCCc2ccccc2)C(=O)c2cc(OC)c(C)c(OC)c2)(C(=O)O)CC1. The number of rotatable bonds is 12. The smallest absolute Gasteiger partial charge is 0.329 e. The molecule has 0 aliphatic heterocycles. The van der Waals surface area contributed by atoms with Gasteiger partial charge in [-0.3, -0.25) is 9.59 Å². The largest absolute Gasteiger partial charge is 0.496 e. The summed E-state index contributed by atoms with van der Waals surface area (Å²) in [6, 6.07) is 13.2. The zero-order valence-corrected chi connectivity index (χ0v) is 22.9. The van der Waals surface area contributed by atoms with Gasteiger partial charge in [-0.1, -0.05) is 43.7 Å². The highest BCUT2D eigenvalue weighted by molar-refractivity contribution is 5.98. The van der Waals surface area contributed by atoms with Gasteiger partial charge in [0.25, 0.3) is 5.91 Å². The number of hydrogen-bond acceptors (Lipinski definition) is 5. The summed E-state index contributed by atoms with van der Waals surface area (Å²) in [5.74, 6) is -0.333. The van der Waals surface area contributed by atoms with Gasteiger partial charge in [0.05, 0.1) is 20.8 Å². The Hall–Kier alpha value is -3.55. The molecule has 2 aromatic carbocycles. The van der Waals surface area contributed by atoms with Crippen LogP contribution in [0.3, 0.4) is 0 Å². The van der Waals surface area contributed by atoms with Crippen molar-refractivity contribution in [1.29, 1.82) is 0 Å². The van der Waals surface area contributed by atoms with E-state index in [-0.39, 0.29) is 12.5 Å². The molecule has 38 heavy (non-hydrogen) atoms. The van der Waals surface area contributed by atoms with Crippen LogP contribution in [0.25, 0.3) is 0 Å². The highest BCUT2D eigenvalue weighted by Crippen LogP contribution is 2.34. The van der Waals surface area contributed by atoms with Gasteiger partial charge in [-0.15, -0.1) is 0 Å². The van der Waals surface area contributed by atoms with Crippen LogP contribution in [0.15, 0.2) is 42.5 Å². The molecule has 0 bridgehead atoms. The zero-order valence-electron chi connectivity index (χ0n) is 22.9. The number of amides is 2. The second kappa shape index (κ2) is 13.3. The standard InChI is InChI=1S/C30H40N2O6/c1-5-22-13-15-30(16-14-22,29(35)36)31-27(33)20-32(17-9-12-23-10-7-6-8-11-23)28(34)24-18-25(37-3)21(2)26(19-24)38-4/h6-8,10-11,18-19,22H,5,9,12-17,20H2,1-4H3,(H,31,33)(H,35,36). The molecule has 1 aliphatic rings. The molecule has 8 heteroatoms. The summed E-state index contributed by atoms with van der Waals surface area (Å²) in [7, 11) is 3.06. The molecule has 1 aliphatic carbocycles. The Morgan fingerprint density at radius 1 is 1.05 bits per heavy atom. The zero-order chi connectivity index (χ0) is 27.7. The van der Waals surface area contributed by atoms with Crippen LogP contribution < -0.4 is 14.8 Å². The summed E-state index contributed by atoms with van der Waals surface area (Å²) in [5.41, 5.74) is 0.956. The Morgan fingerprint density at radius 2 is 1.66 bits per heavy atom. The van der Waals surface area contributed by atoms with Crippen LogP contribution in [-0.4, -0.2) is 60.6 Å². The molecule has 2 aromatic rings. The number of nitrogens with zero attached hydrogens (tertiary/aromatic N) is 1. The molecule has 2 amide bonds. The number of aliphatic carboxylic acids is 1. The van der Waals surface area contributed by atoms with Gasteiger partial charge < -0.3 is 24.8 Å². The summed E-state index contributed by atoms with van der Waals surface area (Å²) in [4.78, 5) is 40.6. The van der Waals surface area contributed by atoms with E-state index in [1.165, 1.54) is 19.1 Å². The van der Waals surface area contributed by atoms with Gasteiger partial charge >= 0.3 is 5.97 Å². The van der Waals surface area contributed by atoms with Gasteiger partial charge in [-0.2, -0.15) is 0 Å². The van der Waals surface area contributed by atoms with E-state index in [9.17, 15) is 19.5 Å². The van der Waals surface area contributed by atoms with Gasteiger partial charge in [0.1, 0.15) is 17.0 Å². The predicted octanol–water partition coefficient (Wildman–Crippen LogP) is 4.63. The Bertz CT molecular complexity index is 1080. The molecule has 8 nitrogen and oxygen atoms in total. The highest BCUT2D eigenvalue weighted by Gasteiger charge is 2.43. The normalized spacial score (nSPS) is 18.9. The van der Waals surface area contributed by atoms with E-state index in [4.69, 9.17) is 9.47 Å². The molecule has 0 atom stereocenters. The number of hydrogen-bond donors (Lipinski definition) is 2. The lowest BCUT2D eigenvalue weighted by atomic mass is 9.75. The van der Waals surface area contributed by atoms with E-state index in [0.29, 0.717) is 48.8 Å². The first-order chi connectivity index (χ1) is 18.2. The average Bonchev–Trinajstić information content (AvgIpc) is 2.93. The van der Waals surface area contributed by atoms with Gasteiger partial charge in [0, 0.05) is 17.7 Å². The Balaban J connectivity index is 1.80. The van der Waals surface area contributed by atoms with Crippen LogP contribution in [0.5, 0.6) is 11.5 Å². The number of methoxy groups -OCH3 is 2. The molecule has 0 unspecified atom stereocenters. The van der Waals surface area contributed by atoms with E-state index in [1.807, 2.05) is 37.3 Å². The van der Waals surface area contributed by atoms with Crippen molar-refractivity contribution in [2.45, 2.75) is 64.3 Å². The first kappa shape index (κ1) is 29.0. The topological polar surface area (TPSA) is 105 Å². The number of ether oxygens (including phenoxy) is 2. The van der Waals surface area contributed by atoms with Crippen molar-refractivity contribution in [1.82, 2.24) is 10.2 Å². The summed E-state index contributed by atoms with van der Waals surface area (Å²) in [5, 5.41) is 12.8. The average molecular weight is 525 g/mol. The van der Waals surface area contributed by atoms with E-state index in [1.54, 1.807) is 12.1 Å². The maximum atomic E-state index is 13.7. The summed E-state index contributed by atoms with van der Waals surface area (Å²) >= 11 is 0. The monoisotopic (exact) mass is 524 g/mol. The van der Waals surface area contributed by atoms with Crippen molar-refractivity contribution >= 4 is 17.8 Å². The number of benzene rings is 2. The molecule has 0 saturated heterocycles. The van der Waals surface area contributed by atoms with E-state index in [0.717, 1.165) is 36.8 Å². The number of carbonyl (C=O) groups excluding carboxylic acids is 2. The fourth-order valence-corrected chi connectivity index (χ4v) is 5.21. The predicted molar refractivity (Wildman–Crippen MR) is 146 cm³/mol. The van der Waals surface area contributed by atoms with Crippen LogP contribution in [0.1, 0.15) is 66.9 Å². The molecule has 0 aromatic heterocycles. The van der Waals surface area contributed by atoms with Crippen LogP contribution in [-0.2, 0) is 16.0 Å². The second-order valence-electron chi connectivity index (χ2n) is 10.1. The molecule has 0 radical (unpaired) electrons. The van der Waals surface area contributed by atoms with E-state index in [2.05, 4.69) is 12.2 Å². The third-order valence-electron chi connectivity index (χ3n) is 7.68. The minimum absolute atomic E-state index is 0.238. The molecule has 2 N–H and O–H groups in total. The van der Waals surface area contributed by atoms with Crippen molar-refractivity contribution in [3.8, 4) is 11.5 Å². The van der Waals surface area contributed by atoms with Gasteiger partial charge in [0.15, 0.2) is 0 Å². The Labute approximate surface area is 225 Å². The van der Waals surface area contributed by atoms with Crippen molar-refractivity contribution in [3.05, 3.63) is 59.2 Å². The molecule has 1 fully saturated rings. The summed E-state index contributed by atoms with van der Waals surface area (Å²) in [6.45, 7) is 4.04. The van der Waals surface area contributed by atoms with Crippen molar-refractivity contribution in [2.24, 2.45) is 5.92 Å². The van der Waals surface area contributed by atoms with Gasteiger partial charge in [-0.05, 0) is 69.1 Å². The minimum atomic E-state index is -1.29. The second-order valence-corrected chi connectivity index (χ2v) is 10.1. The van der Waals surface area contributed by atoms with Gasteiger partial charge in [0.2, 0.25) is 5.91 Å². The van der Waals surface area contributed by atoms with Gasteiger partial charge in [-0.25, -0.2) is 4.79 Å². The minimum Gasteiger partial charge on any atom is -0.496 e. The lowest BCUT2D eigenvalue weighted by Gasteiger charge is -2.37. The summed E-state index contributed by atoms with van der Waals surface area (Å²) in [6.07, 6.45) is 4.67. The molecule has 0 heterocycles. The lowest BCUT2D eigenvalue weighted by molar-refractivity contribution is -0.149. The molecule has 0 spiro atoms. The van der Waals surface area contributed by atoms with Crippen molar-refractivity contribution in [3.63, 3.8) is 0 Å². The molecule has 1 saturated carbocycles. The third kappa shape index (κ3) is 7.05. The number of carboxylic acid groups (broad SMARTS) is 1. The third-order valence-corrected chi connectivity index (χ3v) is 7.68. The molecular weight excluding hydrogens is 484 g/mol. The number of aryl methyl sites for hydroxylation is 1. The number of nitrogens with one attached hydrogen (secondary N) is 1. The van der Waals surface area contributed by atoms with Crippen LogP contribution >= 0.6 is 0 Å². The van der Waals surface area contributed by atoms with Crippen molar-refractivity contribution in [2.75, 3.05) is 27.3 Å². The quantitative estimate of drug-likeness (QED) is 0.420. The first-order valence-corrected chi connectivity index (χ1v) is 13.3. The fourth-order valence-electron chi connectivity index (χ4n) is 5.21. The number of carboxylic acids is 1. The maximum Gasteiger partial charge on any atom is 0.329 e. The molecular formula is C30H40N2O6. The Morgan fingerprint density at radius 3 is 2.18 bits per heavy atom. The van der Waals surface area contributed by atoms with Crippen LogP contribution in [0.2, 0.25) is 0 Å². The molecule has 3 rings (SSSR count). The highest BCUT2D eigenvalue weighted by atomic mass is 16.5. The fraction of sp³-hybridized carbons (Fsp3) is 0.500. The van der Waals surface area contributed by atoms with E-state index < -0.39 is 17.4 Å². The Kier molecular flexibility index (Phi) is 10.2. The van der Waals surface area contributed by atoms with E-state index >= 15 is 0 Å². The van der Waals surface area contributed by atoms with Crippen LogP contribution in [0.4, 0.5) is 0 Å². The van der Waals surface area contributed by atoms with Crippen LogP contribution in [0, 0.1) is 12.8 Å². The first-order valence-electron chi connectivity index (χ1n) is 13.3. The summed E-state index contributed by atoms with van der Waals surface area (Å²) < 4.78 is 10.9. The van der Waals surface area contributed by atoms with Crippen molar-refractivity contribution < 1.29 is 29.0 Å². The number of carbonyl (C=O) groups is 3. The molecule has 206 valence electrons. The maximum absolute atomic E-state index is 13.7.